The van der Waals surface area contributed by atoms with Crippen LogP contribution in [0.25, 0.3) is 0 Å². The summed E-state index contributed by atoms with van der Waals surface area (Å²) in [4.78, 5) is 21.9. The fraction of sp³-hybridized carbons (Fsp3) is 0.385. The first-order valence-corrected chi connectivity index (χ1v) is 6.38. The van der Waals surface area contributed by atoms with E-state index in [-0.39, 0.29) is 13.0 Å². The molecule has 5 nitrogen and oxygen atoms in total. The second-order valence-corrected chi connectivity index (χ2v) is 4.40. The molecule has 1 aromatic carbocycles. The van der Waals surface area contributed by atoms with E-state index in [2.05, 4.69) is 5.32 Å². The summed E-state index contributed by atoms with van der Waals surface area (Å²) < 4.78 is 17.7. The number of hydrogen-bond donors (Lipinski definition) is 2. The summed E-state index contributed by atoms with van der Waals surface area (Å²) in [5.41, 5.74) is 0. The highest BCUT2D eigenvalue weighted by atomic mass is 35.5. The van der Waals surface area contributed by atoms with Gasteiger partial charge in [-0.3, -0.25) is 4.79 Å². The van der Waals surface area contributed by atoms with Crippen LogP contribution in [0.15, 0.2) is 24.3 Å². The minimum atomic E-state index is -1.49. The van der Waals surface area contributed by atoms with Gasteiger partial charge >= 0.3 is 5.97 Å². The van der Waals surface area contributed by atoms with Crippen molar-refractivity contribution in [3.63, 3.8) is 0 Å². The molecule has 0 heterocycles. The number of carboxylic acid groups (broad SMARTS) is 1. The molecule has 0 aromatic heterocycles. The lowest BCUT2D eigenvalue weighted by molar-refractivity contribution is -0.142. The van der Waals surface area contributed by atoms with Crippen LogP contribution in [-0.2, 0) is 9.59 Å². The molecule has 1 atom stereocenters. The van der Waals surface area contributed by atoms with E-state index < -0.39 is 24.6 Å². The van der Waals surface area contributed by atoms with Gasteiger partial charge in [0.25, 0.3) is 0 Å². The molecule has 0 spiro atoms. The molecular weight excluding hydrogens is 289 g/mol. The van der Waals surface area contributed by atoms with Crippen LogP contribution in [0.2, 0.25) is 5.02 Å². The maximum absolute atomic E-state index is 12.3. The predicted octanol–water partition coefficient (Wildman–Crippen LogP) is 2.04. The summed E-state index contributed by atoms with van der Waals surface area (Å²) in [6.07, 6.45) is 0.421. The standard InChI is InChI=1S/C13H15ClFNO4/c14-9-4-1-2-5-11(9)20-7-3-6-12(17)16-10(8-15)13(18)19/h1-2,4-5,10H,3,6-8H2,(H,16,17)(H,18,19). The van der Waals surface area contributed by atoms with E-state index in [1.165, 1.54) is 0 Å². The van der Waals surface area contributed by atoms with Gasteiger partial charge < -0.3 is 15.2 Å². The third-order valence-corrected chi connectivity index (χ3v) is 2.74. The fourth-order valence-electron chi connectivity index (χ4n) is 1.41. The summed E-state index contributed by atoms with van der Waals surface area (Å²) in [6.45, 7) is -0.887. The number of aliphatic carboxylic acids is 1. The lowest BCUT2D eigenvalue weighted by atomic mass is 10.2. The zero-order chi connectivity index (χ0) is 15.0. The van der Waals surface area contributed by atoms with Gasteiger partial charge in [-0.25, -0.2) is 9.18 Å². The van der Waals surface area contributed by atoms with Gasteiger partial charge in [-0.1, -0.05) is 23.7 Å². The number of alkyl halides is 1. The number of benzene rings is 1. The Morgan fingerprint density at radius 2 is 2.10 bits per heavy atom. The highest BCUT2D eigenvalue weighted by Crippen LogP contribution is 2.23. The third-order valence-electron chi connectivity index (χ3n) is 2.43. The van der Waals surface area contributed by atoms with Crippen molar-refractivity contribution >= 4 is 23.5 Å². The van der Waals surface area contributed by atoms with Crippen LogP contribution >= 0.6 is 11.6 Å². The van der Waals surface area contributed by atoms with Crippen molar-refractivity contribution in [2.75, 3.05) is 13.3 Å². The van der Waals surface area contributed by atoms with Crippen molar-refractivity contribution in [3.8, 4) is 5.75 Å². The van der Waals surface area contributed by atoms with Crippen molar-refractivity contribution in [2.45, 2.75) is 18.9 Å². The third kappa shape index (κ3) is 5.44. The Bertz CT molecular complexity index is 469. The maximum atomic E-state index is 12.3. The SMILES string of the molecule is O=C(CCCOc1ccccc1Cl)NC(CF)C(=O)O. The molecule has 0 aliphatic heterocycles. The van der Waals surface area contributed by atoms with E-state index in [0.717, 1.165) is 0 Å². The van der Waals surface area contributed by atoms with Crippen molar-refractivity contribution in [3.05, 3.63) is 29.3 Å². The molecule has 2 N–H and O–H groups in total. The van der Waals surface area contributed by atoms with Gasteiger partial charge in [-0.15, -0.1) is 0 Å². The van der Waals surface area contributed by atoms with Crippen LogP contribution in [0.3, 0.4) is 0 Å². The Morgan fingerprint density at radius 1 is 1.40 bits per heavy atom. The van der Waals surface area contributed by atoms with Gasteiger partial charge in [0.1, 0.15) is 12.4 Å². The molecule has 1 amide bonds. The van der Waals surface area contributed by atoms with Crippen molar-refractivity contribution in [2.24, 2.45) is 0 Å². The number of para-hydroxylation sites is 1. The summed E-state index contributed by atoms with van der Waals surface area (Å²) in [5, 5.41) is 11.1. The maximum Gasteiger partial charge on any atom is 0.328 e. The summed E-state index contributed by atoms with van der Waals surface area (Å²) in [6, 6.07) is 5.43. The van der Waals surface area contributed by atoms with Gasteiger partial charge in [-0.05, 0) is 18.6 Å². The van der Waals surface area contributed by atoms with Crippen LogP contribution in [0.5, 0.6) is 5.75 Å². The predicted molar refractivity (Wildman–Crippen MR) is 71.7 cm³/mol. The molecule has 0 saturated heterocycles. The molecule has 0 aliphatic carbocycles. The molecule has 110 valence electrons. The van der Waals surface area contributed by atoms with Gasteiger partial charge in [0, 0.05) is 6.42 Å². The van der Waals surface area contributed by atoms with Crippen LogP contribution in [0, 0.1) is 0 Å². The minimum Gasteiger partial charge on any atom is -0.492 e. The summed E-state index contributed by atoms with van der Waals surface area (Å²) in [5.74, 6) is -1.41. The molecule has 0 radical (unpaired) electrons. The average molecular weight is 304 g/mol. The van der Waals surface area contributed by atoms with E-state index in [0.29, 0.717) is 17.2 Å². The number of carbonyl (C=O) groups is 2. The molecule has 0 bridgehead atoms. The Kier molecular flexibility index (Phi) is 6.79. The summed E-state index contributed by atoms with van der Waals surface area (Å²) >= 11 is 5.88. The number of carbonyl (C=O) groups excluding carboxylic acids is 1. The zero-order valence-corrected chi connectivity index (χ0v) is 11.4. The van der Waals surface area contributed by atoms with Gasteiger partial charge in [0.15, 0.2) is 6.04 Å². The number of nitrogens with one attached hydrogen (secondary N) is 1. The number of halogens is 2. The van der Waals surface area contributed by atoms with E-state index in [4.69, 9.17) is 21.4 Å². The topological polar surface area (TPSA) is 75.6 Å². The van der Waals surface area contributed by atoms with Crippen LogP contribution in [0.1, 0.15) is 12.8 Å². The largest absolute Gasteiger partial charge is 0.492 e. The van der Waals surface area contributed by atoms with Crippen LogP contribution < -0.4 is 10.1 Å². The van der Waals surface area contributed by atoms with E-state index in [9.17, 15) is 14.0 Å². The molecule has 7 heteroatoms. The normalized spacial score (nSPS) is 11.7. The highest BCUT2D eigenvalue weighted by molar-refractivity contribution is 6.32. The minimum absolute atomic E-state index is 0.0498. The second-order valence-electron chi connectivity index (χ2n) is 4.00. The molecule has 0 fully saturated rings. The lowest BCUT2D eigenvalue weighted by Crippen LogP contribution is -2.42. The Labute approximate surface area is 120 Å². The molecule has 0 saturated carbocycles. The molecule has 1 unspecified atom stereocenters. The van der Waals surface area contributed by atoms with Crippen LogP contribution in [-0.4, -0.2) is 36.3 Å². The monoisotopic (exact) mass is 303 g/mol. The molecule has 1 rings (SSSR count). The van der Waals surface area contributed by atoms with Crippen molar-refractivity contribution in [1.29, 1.82) is 0 Å². The first kappa shape index (κ1) is 16.2. The zero-order valence-electron chi connectivity index (χ0n) is 10.6. The number of ether oxygens (including phenoxy) is 1. The number of amides is 1. The Hall–Kier alpha value is -1.82. The van der Waals surface area contributed by atoms with Gasteiger partial charge in [-0.2, -0.15) is 0 Å². The Balaban J connectivity index is 2.26. The summed E-state index contributed by atoms with van der Waals surface area (Å²) in [7, 11) is 0. The van der Waals surface area contributed by atoms with Gasteiger partial charge in [0.05, 0.1) is 11.6 Å². The van der Waals surface area contributed by atoms with E-state index in [1.54, 1.807) is 24.3 Å². The second kappa shape index (κ2) is 8.37. The van der Waals surface area contributed by atoms with Crippen LogP contribution in [0.4, 0.5) is 4.39 Å². The average Bonchev–Trinajstić information content (AvgIpc) is 2.42. The molecule has 0 aliphatic rings. The highest BCUT2D eigenvalue weighted by Gasteiger charge is 2.19. The quantitative estimate of drug-likeness (QED) is 0.721. The first-order chi connectivity index (χ1) is 9.54. The number of carboxylic acids is 1. The molecule has 20 heavy (non-hydrogen) atoms. The molecule has 1 aromatic rings. The first-order valence-electron chi connectivity index (χ1n) is 6.00. The van der Waals surface area contributed by atoms with E-state index in [1.807, 2.05) is 0 Å². The molecular formula is C13H15ClFNO4. The smallest absolute Gasteiger partial charge is 0.328 e. The fourth-order valence-corrected chi connectivity index (χ4v) is 1.60. The van der Waals surface area contributed by atoms with Crippen molar-refractivity contribution in [1.82, 2.24) is 5.32 Å². The number of rotatable bonds is 8. The Morgan fingerprint density at radius 3 is 2.70 bits per heavy atom. The lowest BCUT2D eigenvalue weighted by Gasteiger charge is -2.11. The number of hydrogen-bond acceptors (Lipinski definition) is 3. The van der Waals surface area contributed by atoms with Crippen molar-refractivity contribution < 1.29 is 23.8 Å². The van der Waals surface area contributed by atoms with Gasteiger partial charge in [0.2, 0.25) is 5.91 Å². The van der Waals surface area contributed by atoms with E-state index >= 15 is 0 Å².